The zero-order valence-electron chi connectivity index (χ0n) is 11.5. The first-order chi connectivity index (χ1) is 9.58. The van der Waals surface area contributed by atoms with Gasteiger partial charge < -0.3 is 10.6 Å². The second-order valence-electron chi connectivity index (χ2n) is 4.61. The first-order valence-electron chi connectivity index (χ1n) is 6.51. The fourth-order valence-corrected chi connectivity index (χ4v) is 2.42. The smallest absolute Gasteiger partial charge is 0.308 e. The minimum absolute atomic E-state index is 0.251. The van der Waals surface area contributed by atoms with Crippen molar-refractivity contribution in [3.63, 3.8) is 0 Å². The summed E-state index contributed by atoms with van der Waals surface area (Å²) >= 11 is 3.44. The maximum Gasteiger partial charge on any atom is 0.323 e. The van der Waals surface area contributed by atoms with Crippen molar-refractivity contribution in [2.75, 3.05) is 10.6 Å². The molecule has 2 amide bonds. The van der Waals surface area contributed by atoms with Crippen LogP contribution in [0.15, 0.2) is 46.9 Å². The standard InChI is InChI=1S/C16H17BrN2O/c1-3-12-5-7-13(8-6-12)18-16(20)19-15-9-4-11(2)10-14(15)17/h4-10H,3H2,1-2H3,(H2,18,19,20). The molecule has 0 fully saturated rings. The summed E-state index contributed by atoms with van der Waals surface area (Å²) in [5.41, 5.74) is 3.91. The topological polar surface area (TPSA) is 41.1 Å². The van der Waals surface area contributed by atoms with Gasteiger partial charge in [-0.3, -0.25) is 0 Å². The van der Waals surface area contributed by atoms with Gasteiger partial charge in [-0.2, -0.15) is 0 Å². The molecule has 3 nitrogen and oxygen atoms in total. The summed E-state index contributed by atoms with van der Waals surface area (Å²) in [4.78, 5) is 11.9. The van der Waals surface area contributed by atoms with Crippen molar-refractivity contribution < 1.29 is 4.79 Å². The van der Waals surface area contributed by atoms with Gasteiger partial charge in [0.15, 0.2) is 0 Å². The van der Waals surface area contributed by atoms with Gasteiger partial charge in [-0.05, 0) is 64.7 Å². The maximum absolute atomic E-state index is 11.9. The highest BCUT2D eigenvalue weighted by atomic mass is 79.9. The Balaban J connectivity index is 2.01. The van der Waals surface area contributed by atoms with Crippen molar-refractivity contribution in [1.29, 1.82) is 0 Å². The average molecular weight is 333 g/mol. The number of rotatable bonds is 3. The van der Waals surface area contributed by atoms with Gasteiger partial charge in [-0.1, -0.05) is 25.1 Å². The van der Waals surface area contributed by atoms with E-state index in [0.717, 1.165) is 27.8 Å². The Labute approximate surface area is 127 Å². The number of benzene rings is 2. The molecule has 0 heterocycles. The van der Waals surface area contributed by atoms with Crippen LogP contribution in [0, 0.1) is 6.92 Å². The molecule has 0 spiro atoms. The number of hydrogen-bond donors (Lipinski definition) is 2. The predicted molar refractivity (Wildman–Crippen MR) is 87.3 cm³/mol. The number of aryl methyl sites for hydroxylation is 2. The van der Waals surface area contributed by atoms with Gasteiger partial charge in [0.05, 0.1) is 5.69 Å². The lowest BCUT2D eigenvalue weighted by Gasteiger charge is -2.10. The molecule has 2 rings (SSSR count). The third-order valence-electron chi connectivity index (χ3n) is 2.99. The largest absolute Gasteiger partial charge is 0.323 e. The summed E-state index contributed by atoms with van der Waals surface area (Å²) in [7, 11) is 0. The van der Waals surface area contributed by atoms with Crippen LogP contribution in [0.25, 0.3) is 0 Å². The molecule has 2 N–H and O–H groups in total. The lowest BCUT2D eigenvalue weighted by molar-refractivity contribution is 0.262. The van der Waals surface area contributed by atoms with E-state index in [1.165, 1.54) is 5.56 Å². The van der Waals surface area contributed by atoms with Crippen molar-refractivity contribution in [3.8, 4) is 0 Å². The zero-order chi connectivity index (χ0) is 14.5. The maximum atomic E-state index is 11.9. The van der Waals surface area contributed by atoms with Crippen molar-refractivity contribution in [3.05, 3.63) is 58.1 Å². The molecule has 0 bridgehead atoms. The van der Waals surface area contributed by atoms with E-state index < -0.39 is 0 Å². The molecular weight excluding hydrogens is 316 g/mol. The van der Waals surface area contributed by atoms with E-state index in [1.54, 1.807) is 0 Å². The molecule has 0 aliphatic carbocycles. The van der Waals surface area contributed by atoms with Crippen LogP contribution >= 0.6 is 15.9 Å². The van der Waals surface area contributed by atoms with Crippen molar-refractivity contribution >= 4 is 33.3 Å². The van der Waals surface area contributed by atoms with Gasteiger partial charge in [0.1, 0.15) is 0 Å². The highest BCUT2D eigenvalue weighted by Crippen LogP contribution is 2.23. The van der Waals surface area contributed by atoms with E-state index >= 15 is 0 Å². The average Bonchev–Trinajstić information content (AvgIpc) is 2.43. The van der Waals surface area contributed by atoms with E-state index in [4.69, 9.17) is 0 Å². The highest BCUT2D eigenvalue weighted by molar-refractivity contribution is 9.10. The Morgan fingerprint density at radius 2 is 1.80 bits per heavy atom. The third kappa shape index (κ3) is 3.84. The van der Waals surface area contributed by atoms with Crippen LogP contribution in [0.5, 0.6) is 0 Å². The predicted octanol–water partition coefficient (Wildman–Crippen LogP) is 4.96. The summed E-state index contributed by atoms with van der Waals surface area (Å²) in [5, 5.41) is 5.63. The summed E-state index contributed by atoms with van der Waals surface area (Å²) in [6, 6.07) is 13.4. The molecule has 0 aliphatic rings. The van der Waals surface area contributed by atoms with Gasteiger partial charge >= 0.3 is 6.03 Å². The summed E-state index contributed by atoms with van der Waals surface area (Å²) in [6.45, 7) is 4.11. The van der Waals surface area contributed by atoms with Crippen molar-refractivity contribution in [2.24, 2.45) is 0 Å². The van der Waals surface area contributed by atoms with Gasteiger partial charge in [-0.25, -0.2) is 4.79 Å². The normalized spacial score (nSPS) is 10.2. The number of halogens is 1. The molecule has 0 radical (unpaired) electrons. The van der Waals surface area contributed by atoms with E-state index in [-0.39, 0.29) is 6.03 Å². The van der Waals surface area contributed by atoms with Crippen LogP contribution in [0.2, 0.25) is 0 Å². The number of hydrogen-bond acceptors (Lipinski definition) is 1. The zero-order valence-corrected chi connectivity index (χ0v) is 13.1. The quantitative estimate of drug-likeness (QED) is 0.819. The lowest BCUT2D eigenvalue weighted by atomic mass is 10.1. The van der Waals surface area contributed by atoms with Crippen LogP contribution in [-0.4, -0.2) is 6.03 Å². The fourth-order valence-electron chi connectivity index (χ4n) is 1.83. The Kier molecular flexibility index (Phi) is 4.79. The molecule has 104 valence electrons. The van der Waals surface area contributed by atoms with Crippen molar-refractivity contribution in [1.82, 2.24) is 0 Å². The monoisotopic (exact) mass is 332 g/mol. The number of nitrogens with one attached hydrogen (secondary N) is 2. The van der Waals surface area contributed by atoms with Gasteiger partial charge in [0.25, 0.3) is 0 Å². The first-order valence-corrected chi connectivity index (χ1v) is 7.31. The molecule has 0 aliphatic heterocycles. The Bertz CT molecular complexity index is 608. The van der Waals surface area contributed by atoms with Crippen molar-refractivity contribution in [2.45, 2.75) is 20.3 Å². The summed E-state index contributed by atoms with van der Waals surface area (Å²) in [5.74, 6) is 0. The lowest BCUT2D eigenvalue weighted by Crippen LogP contribution is -2.19. The van der Waals surface area contributed by atoms with Gasteiger partial charge in [0.2, 0.25) is 0 Å². The van der Waals surface area contributed by atoms with Gasteiger partial charge in [-0.15, -0.1) is 0 Å². The number of urea groups is 1. The third-order valence-corrected chi connectivity index (χ3v) is 3.65. The molecule has 0 saturated carbocycles. The molecular formula is C16H17BrN2O. The van der Waals surface area contributed by atoms with E-state index in [0.29, 0.717) is 0 Å². The van der Waals surface area contributed by atoms with E-state index in [2.05, 4.69) is 33.5 Å². The number of anilines is 2. The fraction of sp³-hybridized carbons (Fsp3) is 0.188. The highest BCUT2D eigenvalue weighted by Gasteiger charge is 2.05. The summed E-state index contributed by atoms with van der Waals surface area (Å²) < 4.78 is 0.869. The molecule has 0 saturated heterocycles. The number of amides is 2. The van der Waals surface area contributed by atoms with Crippen LogP contribution in [-0.2, 0) is 6.42 Å². The molecule has 2 aromatic carbocycles. The van der Waals surface area contributed by atoms with Crippen LogP contribution in [0.3, 0.4) is 0 Å². The Hall–Kier alpha value is -1.81. The van der Waals surface area contributed by atoms with Crippen LogP contribution in [0.4, 0.5) is 16.2 Å². The molecule has 4 heteroatoms. The Morgan fingerprint density at radius 1 is 1.10 bits per heavy atom. The van der Waals surface area contributed by atoms with E-state index in [9.17, 15) is 4.79 Å². The first kappa shape index (κ1) is 14.6. The molecule has 0 unspecified atom stereocenters. The van der Waals surface area contributed by atoms with Crippen LogP contribution in [0.1, 0.15) is 18.1 Å². The minimum atomic E-state index is -0.251. The van der Waals surface area contributed by atoms with Gasteiger partial charge in [0, 0.05) is 10.2 Å². The second kappa shape index (κ2) is 6.57. The number of carbonyl (C=O) groups excluding carboxylic acids is 1. The van der Waals surface area contributed by atoms with Crippen LogP contribution < -0.4 is 10.6 Å². The molecule has 20 heavy (non-hydrogen) atoms. The summed E-state index contributed by atoms with van der Waals surface area (Å²) in [6.07, 6.45) is 0.989. The molecule has 0 aromatic heterocycles. The molecule has 0 atom stereocenters. The minimum Gasteiger partial charge on any atom is -0.308 e. The van der Waals surface area contributed by atoms with E-state index in [1.807, 2.05) is 49.4 Å². The SMILES string of the molecule is CCc1ccc(NC(=O)Nc2ccc(C)cc2Br)cc1. The molecule has 2 aromatic rings. The second-order valence-corrected chi connectivity index (χ2v) is 5.47. The number of carbonyl (C=O) groups is 1. The Morgan fingerprint density at radius 3 is 2.40 bits per heavy atom.